The van der Waals surface area contributed by atoms with Crippen molar-refractivity contribution in [2.24, 2.45) is 5.92 Å². The zero-order valence-electron chi connectivity index (χ0n) is 12.6. The molecule has 0 spiro atoms. The Morgan fingerprint density at radius 3 is 2.52 bits per heavy atom. The van der Waals surface area contributed by atoms with Gasteiger partial charge in [0.05, 0.1) is 4.90 Å². The highest BCUT2D eigenvalue weighted by atomic mass is 32.2. The summed E-state index contributed by atoms with van der Waals surface area (Å²) in [4.78, 5) is 0.448. The molecule has 0 unspecified atom stereocenters. The van der Waals surface area contributed by atoms with E-state index < -0.39 is 10.0 Å². The van der Waals surface area contributed by atoms with Gasteiger partial charge in [-0.1, -0.05) is 12.1 Å². The molecule has 1 aromatic rings. The first-order valence-electron chi connectivity index (χ1n) is 7.86. The number of sulfonamides is 1. The molecule has 0 amide bonds. The molecule has 1 heterocycles. The lowest BCUT2D eigenvalue weighted by Crippen LogP contribution is -2.40. The SMILES string of the molecule is Cc1cccc(S(=O)(=O)N(CC2CCNCC2)C2CC2)c1. The van der Waals surface area contributed by atoms with Crippen LogP contribution in [-0.4, -0.2) is 38.4 Å². The van der Waals surface area contributed by atoms with Crippen molar-refractivity contribution in [1.29, 1.82) is 0 Å². The summed E-state index contributed by atoms with van der Waals surface area (Å²) < 4.78 is 27.7. The van der Waals surface area contributed by atoms with Crippen LogP contribution in [0.2, 0.25) is 0 Å². The monoisotopic (exact) mass is 308 g/mol. The first-order valence-corrected chi connectivity index (χ1v) is 9.30. The minimum atomic E-state index is -3.35. The van der Waals surface area contributed by atoms with Gasteiger partial charge in [-0.3, -0.25) is 0 Å². The van der Waals surface area contributed by atoms with Gasteiger partial charge in [0, 0.05) is 12.6 Å². The lowest BCUT2D eigenvalue weighted by molar-refractivity contribution is 0.283. The second kappa shape index (κ2) is 6.07. The standard InChI is InChI=1S/C16H24N2O2S/c1-13-3-2-4-16(11-13)21(19,20)18(15-5-6-15)12-14-7-9-17-10-8-14/h2-4,11,14-15,17H,5-10,12H2,1H3. The predicted molar refractivity (Wildman–Crippen MR) is 83.7 cm³/mol. The van der Waals surface area contributed by atoms with Gasteiger partial charge < -0.3 is 5.32 Å². The minimum Gasteiger partial charge on any atom is -0.317 e. The van der Waals surface area contributed by atoms with Crippen molar-refractivity contribution in [3.05, 3.63) is 29.8 Å². The molecule has 3 rings (SSSR count). The number of aryl methyl sites for hydroxylation is 1. The van der Waals surface area contributed by atoms with Crippen LogP contribution >= 0.6 is 0 Å². The largest absolute Gasteiger partial charge is 0.317 e. The highest BCUT2D eigenvalue weighted by molar-refractivity contribution is 7.89. The molecule has 1 saturated heterocycles. The quantitative estimate of drug-likeness (QED) is 0.907. The Kier molecular flexibility index (Phi) is 4.33. The lowest BCUT2D eigenvalue weighted by Gasteiger charge is -2.29. The van der Waals surface area contributed by atoms with Crippen LogP contribution in [0.15, 0.2) is 29.2 Å². The number of nitrogens with zero attached hydrogens (tertiary/aromatic N) is 1. The number of piperidine rings is 1. The highest BCUT2D eigenvalue weighted by Crippen LogP contribution is 2.34. The molecule has 116 valence electrons. The molecule has 4 nitrogen and oxygen atoms in total. The van der Waals surface area contributed by atoms with Crippen LogP contribution < -0.4 is 5.32 Å². The van der Waals surface area contributed by atoms with E-state index in [1.54, 1.807) is 16.4 Å². The van der Waals surface area contributed by atoms with E-state index in [4.69, 9.17) is 0 Å². The Labute approximate surface area is 127 Å². The van der Waals surface area contributed by atoms with Gasteiger partial charge in [0.1, 0.15) is 0 Å². The van der Waals surface area contributed by atoms with Crippen LogP contribution in [-0.2, 0) is 10.0 Å². The van der Waals surface area contributed by atoms with Crippen molar-refractivity contribution < 1.29 is 8.42 Å². The number of rotatable bonds is 5. The van der Waals surface area contributed by atoms with Gasteiger partial charge in [-0.2, -0.15) is 4.31 Å². The van der Waals surface area contributed by atoms with E-state index in [9.17, 15) is 8.42 Å². The Morgan fingerprint density at radius 2 is 1.90 bits per heavy atom. The Morgan fingerprint density at radius 1 is 1.19 bits per heavy atom. The zero-order chi connectivity index (χ0) is 14.9. The molecular weight excluding hydrogens is 284 g/mol. The van der Waals surface area contributed by atoms with Crippen LogP contribution in [0.1, 0.15) is 31.2 Å². The summed E-state index contributed by atoms with van der Waals surface area (Å²) in [5.74, 6) is 0.492. The molecule has 2 fully saturated rings. The fraction of sp³-hybridized carbons (Fsp3) is 0.625. The average Bonchev–Trinajstić information content (AvgIpc) is 3.30. The van der Waals surface area contributed by atoms with Crippen molar-refractivity contribution in [1.82, 2.24) is 9.62 Å². The molecule has 1 saturated carbocycles. The summed E-state index contributed by atoms with van der Waals surface area (Å²) in [6, 6.07) is 7.50. The molecule has 0 aromatic heterocycles. The van der Waals surface area contributed by atoms with Gasteiger partial charge in [-0.25, -0.2) is 8.42 Å². The highest BCUT2D eigenvalue weighted by Gasteiger charge is 2.39. The zero-order valence-corrected chi connectivity index (χ0v) is 13.4. The van der Waals surface area contributed by atoms with Gasteiger partial charge in [-0.05, 0) is 69.3 Å². The van der Waals surface area contributed by atoms with E-state index in [1.165, 1.54) is 0 Å². The van der Waals surface area contributed by atoms with E-state index in [0.29, 0.717) is 17.4 Å². The second-order valence-electron chi connectivity index (χ2n) is 6.32. The molecule has 5 heteroatoms. The van der Waals surface area contributed by atoms with Crippen LogP contribution in [0.25, 0.3) is 0 Å². The molecule has 1 aliphatic heterocycles. The first-order chi connectivity index (χ1) is 10.1. The number of nitrogens with one attached hydrogen (secondary N) is 1. The second-order valence-corrected chi connectivity index (χ2v) is 8.21. The van der Waals surface area contributed by atoms with Gasteiger partial charge >= 0.3 is 0 Å². The molecule has 1 N–H and O–H groups in total. The minimum absolute atomic E-state index is 0.227. The van der Waals surface area contributed by atoms with Crippen LogP contribution in [0.4, 0.5) is 0 Å². The van der Waals surface area contributed by atoms with Gasteiger partial charge in [-0.15, -0.1) is 0 Å². The summed E-state index contributed by atoms with van der Waals surface area (Å²) >= 11 is 0. The van der Waals surface area contributed by atoms with Crippen molar-refractivity contribution in [3.8, 4) is 0 Å². The third kappa shape index (κ3) is 3.47. The molecule has 0 bridgehead atoms. The van der Waals surface area contributed by atoms with E-state index >= 15 is 0 Å². The Balaban J connectivity index is 1.82. The predicted octanol–water partition coefficient (Wildman–Crippen LogP) is 2.15. The maximum absolute atomic E-state index is 13.0. The van der Waals surface area contributed by atoms with E-state index in [1.807, 2.05) is 19.1 Å². The van der Waals surface area contributed by atoms with E-state index in [2.05, 4.69) is 5.32 Å². The smallest absolute Gasteiger partial charge is 0.243 e. The fourth-order valence-electron chi connectivity index (χ4n) is 3.04. The molecule has 2 aliphatic rings. The summed E-state index contributed by atoms with van der Waals surface area (Å²) in [6.07, 6.45) is 4.17. The van der Waals surface area contributed by atoms with Gasteiger partial charge in [0.2, 0.25) is 10.0 Å². The molecule has 0 radical (unpaired) electrons. The van der Waals surface area contributed by atoms with Gasteiger partial charge in [0.25, 0.3) is 0 Å². The lowest BCUT2D eigenvalue weighted by atomic mass is 9.98. The van der Waals surface area contributed by atoms with Crippen molar-refractivity contribution in [2.75, 3.05) is 19.6 Å². The summed E-state index contributed by atoms with van der Waals surface area (Å²) in [5.41, 5.74) is 0.994. The third-order valence-electron chi connectivity index (χ3n) is 4.45. The summed E-state index contributed by atoms with van der Waals surface area (Å²) in [5, 5.41) is 3.34. The Hall–Kier alpha value is -0.910. The van der Waals surface area contributed by atoms with E-state index in [-0.39, 0.29) is 6.04 Å². The van der Waals surface area contributed by atoms with Crippen molar-refractivity contribution in [3.63, 3.8) is 0 Å². The topological polar surface area (TPSA) is 49.4 Å². The number of benzene rings is 1. The van der Waals surface area contributed by atoms with Crippen LogP contribution in [0.5, 0.6) is 0 Å². The molecule has 1 aromatic carbocycles. The maximum Gasteiger partial charge on any atom is 0.243 e. The molecule has 0 atom stereocenters. The normalized spacial score (nSPS) is 20.9. The van der Waals surface area contributed by atoms with Crippen LogP contribution in [0, 0.1) is 12.8 Å². The summed E-state index contributed by atoms with van der Waals surface area (Å²) in [6.45, 7) is 4.64. The first kappa shape index (κ1) is 15.0. The summed E-state index contributed by atoms with van der Waals surface area (Å²) in [7, 11) is -3.35. The van der Waals surface area contributed by atoms with Crippen molar-refractivity contribution >= 4 is 10.0 Å². The van der Waals surface area contributed by atoms with E-state index in [0.717, 1.165) is 44.3 Å². The van der Waals surface area contributed by atoms with Crippen LogP contribution in [0.3, 0.4) is 0 Å². The number of hydrogen-bond acceptors (Lipinski definition) is 3. The number of hydrogen-bond donors (Lipinski definition) is 1. The van der Waals surface area contributed by atoms with Gasteiger partial charge in [0.15, 0.2) is 0 Å². The average molecular weight is 308 g/mol. The van der Waals surface area contributed by atoms with Crippen molar-refractivity contribution in [2.45, 2.75) is 43.5 Å². The maximum atomic E-state index is 13.0. The molecule has 1 aliphatic carbocycles. The fourth-order valence-corrected chi connectivity index (χ4v) is 4.90. The molecule has 21 heavy (non-hydrogen) atoms. The Bertz CT molecular complexity index is 590. The third-order valence-corrected chi connectivity index (χ3v) is 6.36. The molecular formula is C16H24N2O2S.